The Balaban J connectivity index is 2.45. The molecule has 54 valence electrons. The summed E-state index contributed by atoms with van der Waals surface area (Å²) in [7, 11) is 0. The summed E-state index contributed by atoms with van der Waals surface area (Å²) in [5.74, 6) is 0. The van der Waals surface area contributed by atoms with Gasteiger partial charge in [-0.15, -0.1) is 0 Å². The molecule has 0 fully saturated rings. The van der Waals surface area contributed by atoms with E-state index in [4.69, 9.17) is 0 Å². The third-order valence-electron chi connectivity index (χ3n) is 1.84. The monoisotopic (exact) mass is 200 g/mol. The average Bonchev–Trinajstić information content (AvgIpc) is 2.34. The van der Waals surface area contributed by atoms with Gasteiger partial charge in [0, 0.05) is 25.3 Å². The fourth-order valence-electron chi connectivity index (χ4n) is 1.29. The number of fused-ring (bicyclic) bond motifs is 1. The van der Waals surface area contributed by atoms with Crippen molar-refractivity contribution in [1.82, 2.24) is 9.88 Å². The van der Waals surface area contributed by atoms with Crippen LogP contribution >= 0.6 is 15.9 Å². The van der Waals surface area contributed by atoms with E-state index in [0.717, 1.165) is 19.6 Å². The molecule has 1 aliphatic heterocycles. The molecule has 1 aromatic heterocycles. The predicted molar refractivity (Wildman–Crippen MR) is 43.8 cm³/mol. The second kappa shape index (κ2) is 2.40. The summed E-state index contributed by atoms with van der Waals surface area (Å²) in [6.07, 6.45) is 0. The topological polar surface area (TPSA) is 17.0 Å². The summed E-state index contributed by atoms with van der Waals surface area (Å²) >= 11 is 3.49. The van der Waals surface area contributed by atoms with Crippen molar-refractivity contribution in [1.29, 1.82) is 0 Å². The van der Waals surface area contributed by atoms with Crippen LogP contribution in [0.25, 0.3) is 0 Å². The largest absolute Gasteiger partial charge is 0.337 e. The third-order valence-corrected chi connectivity index (χ3v) is 2.53. The number of halogens is 1. The highest BCUT2D eigenvalue weighted by molar-refractivity contribution is 9.10. The van der Waals surface area contributed by atoms with Crippen molar-refractivity contribution in [3.8, 4) is 0 Å². The lowest BCUT2D eigenvalue weighted by molar-refractivity contribution is 0.511. The summed E-state index contributed by atoms with van der Waals surface area (Å²) in [4.78, 5) is 0. The van der Waals surface area contributed by atoms with Gasteiger partial charge in [-0.2, -0.15) is 0 Å². The Morgan fingerprint density at radius 1 is 1.50 bits per heavy atom. The average molecular weight is 201 g/mol. The minimum absolute atomic E-state index is 1.01. The zero-order valence-electron chi connectivity index (χ0n) is 5.60. The third kappa shape index (κ3) is 0.896. The molecule has 0 saturated carbocycles. The van der Waals surface area contributed by atoms with Gasteiger partial charge in [0.05, 0.1) is 4.60 Å². The van der Waals surface area contributed by atoms with Crippen molar-refractivity contribution in [2.75, 3.05) is 6.54 Å². The first-order valence-corrected chi connectivity index (χ1v) is 4.22. The van der Waals surface area contributed by atoms with Crippen LogP contribution in [0, 0.1) is 0 Å². The molecule has 0 amide bonds. The van der Waals surface area contributed by atoms with Gasteiger partial charge in [0.15, 0.2) is 0 Å². The van der Waals surface area contributed by atoms with Gasteiger partial charge in [-0.1, -0.05) is 0 Å². The number of nitrogens with one attached hydrogen (secondary N) is 1. The molecular formula is C7H9BrN2. The molecule has 1 N–H and O–H groups in total. The van der Waals surface area contributed by atoms with Crippen molar-refractivity contribution in [2.45, 2.75) is 13.1 Å². The highest BCUT2D eigenvalue weighted by Gasteiger charge is 2.08. The molecule has 2 heterocycles. The van der Waals surface area contributed by atoms with Crippen LogP contribution in [0.5, 0.6) is 0 Å². The fraction of sp³-hybridized carbons (Fsp3) is 0.429. The fourth-order valence-corrected chi connectivity index (χ4v) is 1.83. The van der Waals surface area contributed by atoms with Crippen LogP contribution in [0.1, 0.15) is 5.69 Å². The molecule has 0 aliphatic carbocycles. The van der Waals surface area contributed by atoms with Crippen molar-refractivity contribution < 1.29 is 0 Å². The molecular weight excluding hydrogens is 192 g/mol. The van der Waals surface area contributed by atoms with E-state index in [-0.39, 0.29) is 0 Å². The van der Waals surface area contributed by atoms with Crippen LogP contribution in [0.15, 0.2) is 16.7 Å². The first-order chi connectivity index (χ1) is 4.88. The van der Waals surface area contributed by atoms with Gasteiger partial charge in [0.1, 0.15) is 0 Å². The Kier molecular flexibility index (Phi) is 1.54. The van der Waals surface area contributed by atoms with Gasteiger partial charge in [0.2, 0.25) is 0 Å². The van der Waals surface area contributed by atoms with Gasteiger partial charge >= 0.3 is 0 Å². The molecule has 0 atom stereocenters. The Morgan fingerprint density at radius 2 is 2.40 bits per heavy atom. The van der Waals surface area contributed by atoms with E-state index in [1.807, 2.05) is 0 Å². The van der Waals surface area contributed by atoms with Crippen molar-refractivity contribution >= 4 is 15.9 Å². The Morgan fingerprint density at radius 3 is 3.20 bits per heavy atom. The summed E-state index contributed by atoms with van der Waals surface area (Å²) in [5, 5.41) is 3.31. The minimum Gasteiger partial charge on any atom is -0.337 e. The summed E-state index contributed by atoms with van der Waals surface area (Å²) in [6.45, 7) is 3.18. The molecule has 0 spiro atoms. The van der Waals surface area contributed by atoms with Crippen LogP contribution in [0.4, 0.5) is 0 Å². The predicted octanol–water partition coefficient (Wildman–Crippen LogP) is 1.35. The maximum atomic E-state index is 3.49. The highest BCUT2D eigenvalue weighted by atomic mass is 79.9. The lowest BCUT2D eigenvalue weighted by Gasteiger charge is -2.16. The molecule has 0 aromatic carbocycles. The summed E-state index contributed by atoms with van der Waals surface area (Å²) in [6, 6.07) is 4.25. The smallest absolute Gasteiger partial charge is 0.0849 e. The Hall–Kier alpha value is -0.280. The SMILES string of the molecule is Brc1ccc2n1CCNC2. The van der Waals surface area contributed by atoms with E-state index in [1.54, 1.807) is 0 Å². The molecule has 0 unspecified atom stereocenters. The number of aromatic nitrogens is 1. The van der Waals surface area contributed by atoms with Crippen LogP contribution < -0.4 is 5.32 Å². The van der Waals surface area contributed by atoms with Crippen LogP contribution in [0.2, 0.25) is 0 Å². The van der Waals surface area contributed by atoms with Crippen LogP contribution in [0.3, 0.4) is 0 Å². The standard InChI is InChI=1S/C7H9BrN2/c8-7-2-1-6-5-9-3-4-10(6)7/h1-2,9H,3-5H2. The molecule has 0 bridgehead atoms. The van der Waals surface area contributed by atoms with Gasteiger partial charge in [-0.3, -0.25) is 0 Å². The number of rotatable bonds is 0. The summed E-state index contributed by atoms with van der Waals surface area (Å²) in [5.41, 5.74) is 1.37. The maximum absolute atomic E-state index is 3.49. The molecule has 1 aliphatic rings. The normalized spacial score (nSPS) is 16.9. The lowest BCUT2D eigenvalue weighted by atomic mass is 10.3. The van der Waals surface area contributed by atoms with E-state index in [2.05, 4.69) is 37.9 Å². The lowest BCUT2D eigenvalue weighted by Crippen LogP contribution is -2.27. The number of nitrogens with zero attached hydrogens (tertiary/aromatic N) is 1. The molecule has 10 heavy (non-hydrogen) atoms. The van der Waals surface area contributed by atoms with E-state index < -0.39 is 0 Å². The number of hydrogen-bond donors (Lipinski definition) is 1. The Bertz CT molecular complexity index is 242. The quantitative estimate of drug-likeness (QED) is 0.670. The maximum Gasteiger partial charge on any atom is 0.0849 e. The van der Waals surface area contributed by atoms with Gasteiger partial charge in [-0.05, 0) is 28.1 Å². The van der Waals surface area contributed by atoms with Gasteiger partial charge in [-0.25, -0.2) is 0 Å². The first-order valence-electron chi connectivity index (χ1n) is 3.42. The summed E-state index contributed by atoms with van der Waals surface area (Å²) < 4.78 is 3.49. The van der Waals surface area contributed by atoms with Crippen molar-refractivity contribution in [3.05, 3.63) is 22.4 Å². The van der Waals surface area contributed by atoms with E-state index in [1.165, 1.54) is 10.3 Å². The zero-order chi connectivity index (χ0) is 6.97. The second-order valence-electron chi connectivity index (χ2n) is 2.48. The first kappa shape index (κ1) is 6.43. The van der Waals surface area contributed by atoms with Crippen LogP contribution in [-0.2, 0) is 13.1 Å². The van der Waals surface area contributed by atoms with Gasteiger partial charge in [0.25, 0.3) is 0 Å². The van der Waals surface area contributed by atoms with E-state index >= 15 is 0 Å². The number of hydrogen-bond acceptors (Lipinski definition) is 1. The van der Waals surface area contributed by atoms with Crippen molar-refractivity contribution in [2.24, 2.45) is 0 Å². The molecule has 3 heteroatoms. The molecule has 1 aromatic rings. The van der Waals surface area contributed by atoms with E-state index in [0.29, 0.717) is 0 Å². The van der Waals surface area contributed by atoms with Gasteiger partial charge < -0.3 is 9.88 Å². The highest BCUT2D eigenvalue weighted by Crippen LogP contribution is 2.16. The van der Waals surface area contributed by atoms with Crippen molar-refractivity contribution in [3.63, 3.8) is 0 Å². The van der Waals surface area contributed by atoms with E-state index in [9.17, 15) is 0 Å². The van der Waals surface area contributed by atoms with Crippen LogP contribution in [-0.4, -0.2) is 11.1 Å². The molecule has 2 nitrogen and oxygen atoms in total. The molecule has 0 radical (unpaired) electrons. The Labute approximate surface area is 68.4 Å². The minimum atomic E-state index is 1.01. The molecule has 0 saturated heterocycles. The zero-order valence-corrected chi connectivity index (χ0v) is 7.19. The molecule has 2 rings (SSSR count). The second-order valence-corrected chi connectivity index (χ2v) is 3.29.